The molecule has 0 aliphatic rings. The molecule has 4 heteroatoms. The zero-order valence-corrected chi connectivity index (χ0v) is 13.9. The van der Waals surface area contributed by atoms with Crippen LogP contribution in [0.4, 0.5) is 0 Å². The summed E-state index contributed by atoms with van der Waals surface area (Å²) in [6.07, 6.45) is -0.297. The zero-order chi connectivity index (χ0) is 14.8. The van der Waals surface area contributed by atoms with E-state index in [-0.39, 0.29) is 12.2 Å². The quantitative estimate of drug-likeness (QED) is 0.757. The maximum absolute atomic E-state index is 13.1. The molecule has 1 rings (SSSR count). The number of hydrogen-bond donors (Lipinski definition) is 0. The molecular weight excluding hydrogens is 259 g/mol. The molecule has 0 N–H and O–H groups in total. The molecule has 0 amide bonds. The standard InChI is InChI=1S/C15H25O3P/c1-10(2)17-19(16,18-11(3)4)15-13(6)8-12(5)9-14(15)7/h8-11H,1-7H3. The Labute approximate surface area is 116 Å². The van der Waals surface area contributed by atoms with Crippen molar-refractivity contribution in [1.29, 1.82) is 0 Å². The Balaban J connectivity index is 3.37. The molecule has 0 aromatic heterocycles. The molecular formula is C15H25O3P. The fourth-order valence-corrected chi connectivity index (χ4v) is 4.65. The maximum atomic E-state index is 13.1. The van der Waals surface area contributed by atoms with E-state index in [1.54, 1.807) is 0 Å². The van der Waals surface area contributed by atoms with Crippen LogP contribution in [0.1, 0.15) is 44.4 Å². The highest BCUT2D eigenvalue weighted by molar-refractivity contribution is 7.62. The third kappa shape index (κ3) is 4.17. The maximum Gasteiger partial charge on any atom is 0.362 e. The molecule has 0 saturated heterocycles. The summed E-state index contributed by atoms with van der Waals surface area (Å²) in [6.45, 7) is 13.4. The lowest BCUT2D eigenvalue weighted by atomic mass is 10.1. The molecule has 19 heavy (non-hydrogen) atoms. The molecule has 0 heterocycles. The SMILES string of the molecule is Cc1cc(C)c(P(=O)(OC(C)C)OC(C)C)c(C)c1. The molecule has 108 valence electrons. The van der Waals surface area contributed by atoms with Gasteiger partial charge in [0.05, 0.1) is 17.5 Å². The van der Waals surface area contributed by atoms with Gasteiger partial charge in [0.2, 0.25) is 0 Å². The van der Waals surface area contributed by atoms with Crippen molar-refractivity contribution >= 4 is 12.9 Å². The molecule has 0 fully saturated rings. The Morgan fingerprint density at radius 3 is 1.58 bits per heavy atom. The van der Waals surface area contributed by atoms with Crippen molar-refractivity contribution in [2.45, 2.75) is 60.7 Å². The van der Waals surface area contributed by atoms with Gasteiger partial charge < -0.3 is 9.05 Å². The molecule has 0 saturated carbocycles. The van der Waals surface area contributed by atoms with Gasteiger partial charge in [-0.25, -0.2) is 0 Å². The van der Waals surface area contributed by atoms with E-state index >= 15 is 0 Å². The predicted molar refractivity (Wildman–Crippen MR) is 80.3 cm³/mol. The van der Waals surface area contributed by atoms with E-state index in [0.717, 1.165) is 16.7 Å². The van der Waals surface area contributed by atoms with Crippen LogP contribution in [0.25, 0.3) is 0 Å². The van der Waals surface area contributed by atoms with Crippen LogP contribution in [0.15, 0.2) is 12.1 Å². The Hall–Kier alpha value is -0.630. The zero-order valence-electron chi connectivity index (χ0n) is 13.0. The van der Waals surface area contributed by atoms with Crippen molar-refractivity contribution in [2.24, 2.45) is 0 Å². The number of rotatable bonds is 5. The van der Waals surface area contributed by atoms with E-state index in [2.05, 4.69) is 0 Å². The minimum atomic E-state index is -3.28. The van der Waals surface area contributed by atoms with Crippen molar-refractivity contribution in [1.82, 2.24) is 0 Å². The van der Waals surface area contributed by atoms with E-state index in [1.165, 1.54) is 0 Å². The van der Waals surface area contributed by atoms with Gasteiger partial charge in [-0.2, -0.15) is 0 Å². The molecule has 1 aromatic rings. The third-order valence-electron chi connectivity index (χ3n) is 2.61. The first-order valence-electron chi connectivity index (χ1n) is 6.71. The number of benzene rings is 1. The van der Waals surface area contributed by atoms with Gasteiger partial charge in [-0.1, -0.05) is 17.7 Å². The van der Waals surface area contributed by atoms with Crippen LogP contribution >= 0.6 is 7.60 Å². The summed E-state index contributed by atoms with van der Waals surface area (Å²) in [5.41, 5.74) is 3.07. The third-order valence-corrected chi connectivity index (χ3v) is 5.26. The molecule has 0 radical (unpaired) electrons. The fourth-order valence-electron chi connectivity index (χ4n) is 2.29. The summed E-state index contributed by atoms with van der Waals surface area (Å²) >= 11 is 0. The molecule has 0 spiro atoms. The molecule has 0 bridgehead atoms. The Morgan fingerprint density at radius 2 is 1.26 bits per heavy atom. The highest BCUT2D eigenvalue weighted by Gasteiger charge is 2.33. The van der Waals surface area contributed by atoms with Crippen molar-refractivity contribution < 1.29 is 13.6 Å². The molecule has 0 aliphatic heterocycles. The Bertz CT molecular complexity index is 455. The average Bonchev–Trinajstić information content (AvgIpc) is 2.10. The van der Waals surface area contributed by atoms with Crippen LogP contribution in [0, 0.1) is 20.8 Å². The van der Waals surface area contributed by atoms with Crippen molar-refractivity contribution in [2.75, 3.05) is 0 Å². The minimum Gasteiger partial charge on any atom is -0.302 e. The van der Waals surface area contributed by atoms with Crippen LogP contribution in [0.5, 0.6) is 0 Å². The van der Waals surface area contributed by atoms with Gasteiger partial charge in [-0.15, -0.1) is 0 Å². The molecule has 1 aromatic carbocycles. The summed E-state index contributed by atoms with van der Waals surface area (Å²) in [5.74, 6) is 0. The Morgan fingerprint density at radius 1 is 0.895 bits per heavy atom. The van der Waals surface area contributed by atoms with E-state index in [4.69, 9.17) is 9.05 Å². The summed E-state index contributed by atoms with van der Waals surface area (Å²) in [6, 6.07) is 4.03. The van der Waals surface area contributed by atoms with E-state index in [9.17, 15) is 4.57 Å². The lowest BCUT2D eigenvalue weighted by molar-refractivity contribution is 0.150. The van der Waals surface area contributed by atoms with Gasteiger partial charge in [0.15, 0.2) is 0 Å². The number of aryl methyl sites for hydroxylation is 3. The summed E-state index contributed by atoms with van der Waals surface area (Å²) in [4.78, 5) is 0. The summed E-state index contributed by atoms with van der Waals surface area (Å²) in [5, 5.41) is 0.709. The lowest BCUT2D eigenvalue weighted by Gasteiger charge is -2.25. The highest BCUT2D eigenvalue weighted by atomic mass is 31.2. The van der Waals surface area contributed by atoms with Crippen LogP contribution in [-0.2, 0) is 13.6 Å². The highest BCUT2D eigenvalue weighted by Crippen LogP contribution is 2.51. The molecule has 0 atom stereocenters. The van der Waals surface area contributed by atoms with E-state index < -0.39 is 7.60 Å². The average molecular weight is 284 g/mol. The Kier molecular flexibility index (Phi) is 5.37. The molecule has 3 nitrogen and oxygen atoms in total. The normalized spacial score (nSPS) is 12.5. The number of hydrogen-bond acceptors (Lipinski definition) is 3. The van der Waals surface area contributed by atoms with Crippen LogP contribution in [-0.4, -0.2) is 12.2 Å². The lowest BCUT2D eigenvalue weighted by Crippen LogP contribution is -2.21. The molecule has 0 unspecified atom stereocenters. The van der Waals surface area contributed by atoms with Crippen molar-refractivity contribution in [3.05, 3.63) is 28.8 Å². The predicted octanol–water partition coefficient (Wildman–Crippen LogP) is 4.28. The second-order valence-corrected chi connectivity index (χ2v) is 7.42. The van der Waals surface area contributed by atoms with Crippen LogP contribution in [0.3, 0.4) is 0 Å². The fraction of sp³-hybridized carbons (Fsp3) is 0.600. The van der Waals surface area contributed by atoms with Crippen molar-refractivity contribution in [3.63, 3.8) is 0 Å². The van der Waals surface area contributed by atoms with Crippen LogP contribution in [0.2, 0.25) is 0 Å². The van der Waals surface area contributed by atoms with Gasteiger partial charge in [0.1, 0.15) is 0 Å². The smallest absolute Gasteiger partial charge is 0.302 e. The van der Waals surface area contributed by atoms with Crippen molar-refractivity contribution in [3.8, 4) is 0 Å². The summed E-state index contributed by atoms with van der Waals surface area (Å²) in [7, 11) is -3.28. The van der Waals surface area contributed by atoms with E-state index in [1.807, 2.05) is 60.6 Å². The molecule has 0 aliphatic carbocycles. The van der Waals surface area contributed by atoms with Gasteiger partial charge in [-0.05, 0) is 59.6 Å². The van der Waals surface area contributed by atoms with Gasteiger partial charge in [0, 0.05) is 0 Å². The largest absolute Gasteiger partial charge is 0.362 e. The minimum absolute atomic E-state index is 0.148. The first-order chi connectivity index (χ1) is 8.65. The first kappa shape index (κ1) is 16.4. The van der Waals surface area contributed by atoms with Gasteiger partial charge >= 0.3 is 7.60 Å². The monoisotopic (exact) mass is 284 g/mol. The van der Waals surface area contributed by atoms with Gasteiger partial charge in [0.25, 0.3) is 0 Å². The van der Waals surface area contributed by atoms with Crippen LogP contribution < -0.4 is 5.30 Å². The van der Waals surface area contributed by atoms with E-state index in [0.29, 0.717) is 5.30 Å². The topological polar surface area (TPSA) is 35.5 Å². The van der Waals surface area contributed by atoms with Gasteiger partial charge in [-0.3, -0.25) is 4.57 Å². The second kappa shape index (κ2) is 6.21. The first-order valence-corrected chi connectivity index (χ1v) is 8.25. The summed E-state index contributed by atoms with van der Waals surface area (Å²) < 4.78 is 24.5. The second-order valence-electron chi connectivity index (χ2n) is 5.55.